The van der Waals surface area contributed by atoms with Crippen LogP contribution in [0.25, 0.3) is 6.08 Å². The molecular formula is C15H12BrN3O5. The third-order valence-electron chi connectivity index (χ3n) is 2.57. The number of nitrogens with one attached hydrogen (secondary N) is 1. The second-order valence-electron chi connectivity index (χ2n) is 4.35. The van der Waals surface area contributed by atoms with Crippen molar-refractivity contribution in [3.8, 4) is 5.75 Å². The minimum Gasteiger partial charge on any atom is -0.484 e. The number of allylic oxidation sites excluding steroid dienone is 1. The maximum Gasteiger partial charge on any atom is 0.433 e. The van der Waals surface area contributed by atoms with Gasteiger partial charge in [0.15, 0.2) is 6.61 Å². The minimum absolute atomic E-state index is 0.179. The van der Waals surface area contributed by atoms with Crippen LogP contribution in [-0.4, -0.2) is 23.7 Å². The Morgan fingerprint density at radius 1 is 1.42 bits per heavy atom. The monoisotopic (exact) mass is 393 g/mol. The molecule has 8 nitrogen and oxygen atoms in total. The van der Waals surface area contributed by atoms with E-state index >= 15 is 0 Å². The van der Waals surface area contributed by atoms with E-state index < -0.39 is 10.8 Å². The maximum atomic E-state index is 11.5. The zero-order valence-electron chi connectivity index (χ0n) is 12.2. The number of carbonyl (C=O) groups excluding carboxylic acids is 1. The predicted octanol–water partition coefficient (Wildman–Crippen LogP) is 3.14. The van der Waals surface area contributed by atoms with Gasteiger partial charge in [-0.3, -0.25) is 14.9 Å². The molecule has 1 N–H and O–H groups in total. The molecule has 0 aliphatic carbocycles. The summed E-state index contributed by atoms with van der Waals surface area (Å²) in [7, 11) is 0. The molecule has 0 aliphatic rings. The number of hydrogen-bond donors (Lipinski definition) is 1. The van der Waals surface area contributed by atoms with E-state index in [-0.39, 0.29) is 12.5 Å². The maximum absolute atomic E-state index is 11.5. The summed E-state index contributed by atoms with van der Waals surface area (Å²) in [5.74, 6) is 0.0955. The number of hydrogen-bond acceptors (Lipinski definition) is 6. The summed E-state index contributed by atoms with van der Waals surface area (Å²) >= 11 is 3.30. The number of nitro groups is 1. The lowest BCUT2D eigenvalue weighted by molar-refractivity contribution is -0.402. The standard InChI is InChI=1S/C15H12BrN3O5/c16-11-3-1-4-13(9-11)23-10-14(20)18-17-8-2-5-12-6-7-15(24-12)19(21)22/h1-9H,10H2,(H,18,20). The van der Waals surface area contributed by atoms with Crippen molar-refractivity contribution in [2.45, 2.75) is 0 Å². The highest BCUT2D eigenvalue weighted by Gasteiger charge is 2.09. The van der Waals surface area contributed by atoms with E-state index in [1.807, 2.05) is 6.07 Å². The number of rotatable bonds is 7. The van der Waals surface area contributed by atoms with Gasteiger partial charge in [0.25, 0.3) is 5.91 Å². The van der Waals surface area contributed by atoms with Gasteiger partial charge in [-0.2, -0.15) is 5.10 Å². The first-order chi connectivity index (χ1) is 11.5. The van der Waals surface area contributed by atoms with Crippen LogP contribution in [-0.2, 0) is 4.79 Å². The van der Waals surface area contributed by atoms with Gasteiger partial charge in [0, 0.05) is 10.7 Å². The summed E-state index contributed by atoms with van der Waals surface area (Å²) in [5.41, 5.74) is 2.28. The van der Waals surface area contributed by atoms with Gasteiger partial charge in [-0.25, -0.2) is 5.43 Å². The highest BCUT2D eigenvalue weighted by molar-refractivity contribution is 9.10. The number of amides is 1. The van der Waals surface area contributed by atoms with E-state index in [1.54, 1.807) is 18.2 Å². The molecule has 0 unspecified atom stereocenters. The third-order valence-corrected chi connectivity index (χ3v) is 3.06. The van der Waals surface area contributed by atoms with Crippen molar-refractivity contribution in [1.82, 2.24) is 5.43 Å². The summed E-state index contributed by atoms with van der Waals surface area (Å²) in [5, 5.41) is 14.1. The molecule has 1 heterocycles. The molecular weight excluding hydrogens is 382 g/mol. The zero-order chi connectivity index (χ0) is 17.4. The Morgan fingerprint density at radius 2 is 2.25 bits per heavy atom. The number of furan rings is 1. The van der Waals surface area contributed by atoms with E-state index in [2.05, 4.69) is 26.5 Å². The number of nitrogens with zero attached hydrogens (tertiary/aromatic N) is 2. The van der Waals surface area contributed by atoms with Gasteiger partial charge in [-0.15, -0.1) is 0 Å². The zero-order valence-corrected chi connectivity index (χ0v) is 13.8. The van der Waals surface area contributed by atoms with Crippen LogP contribution < -0.4 is 10.2 Å². The van der Waals surface area contributed by atoms with E-state index in [1.165, 1.54) is 30.5 Å². The molecule has 9 heteroatoms. The van der Waals surface area contributed by atoms with Gasteiger partial charge in [-0.05, 0) is 36.4 Å². The second-order valence-corrected chi connectivity index (χ2v) is 5.27. The molecule has 0 radical (unpaired) electrons. The van der Waals surface area contributed by atoms with Gasteiger partial charge in [0.05, 0.1) is 6.07 Å². The Hall–Kier alpha value is -2.94. The van der Waals surface area contributed by atoms with E-state index in [9.17, 15) is 14.9 Å². The molecule has 0 bridgehead atoms. The van der Waals surface area contributed by atoms with E-state index in [0.717, 1.165) is 4.47 Å². The molecule has 0 fully saturated rings. The van der Waals surface area contributed by atoms with Crippen molar-refractivity contribution in [3.63, 3.8) is 0 Å². The summed E-state index contributed by atoms with van der Waals surface area (Å²) in [6.45, 7) is -0.179. The Morgan fingerprint density at radius 3 is 2.96 bits per heavy atom. The average molecular weight is 394 g/mol. The van der Waals surface area contributed by atoms with Crippen molar-refractivity contribution in [2.24, 2.45) is 5.10 Å². The lowest BCUT2D eigenvalue weighted by atomic mass is 10.3. The summed E-state index contributed by atoms with van der Waals surface area (Å²) in [6.07, 6.45) is 4.25. The molecule has 24 heavy (non-hydrogen) atoms. The highest BCUT2D eigenvalue weighted by Crippen LogP contribution is 2.17. The number of carbonyl (C=O) groups is 1. The van der Waals surface area contributed by atoms with Crippen LogP contribution in [0, 0.1) is 10.1 Å². The first-order valence-electron chi connectivity index (χ1n) is 6.66. The Labute approximate surface area is 145 Å². The van der Waals surface area contributed by atoms with Crippen LogP contribution in [0.3, 0.4) is 0 Å². The van der Waals surface area contributed by atoms with Crippen LogP contribution >= 0.6 is 15.9 Å². The van der Waals surface area contributed by atoms with Crippen molar-refractivity contribution in [1.29, 1.82) is 0 Å². The van der Waals surface area contributed by atoms with Crippen molar-refractivity contribution in [2.75, 3.05) is 6.61 Å². The summed E-state index contributed by atoms with van der Waals surface area (Å²) < 4.78 is 11.0. The van der Waals surface area contributed by atoms with Crippen LogP contribution in [0.5, 0.6) is 5.75 Å². The highest BCUT2D eigenvalue weighted by atomic mass is 79.9. The number of hydrazone groups is 1. The predicted molar refractivity (Wildman–Crippen MR) is 90.7 cm³/mol. The molecule has 0 atom stereocenters. The molecule has 1 aromatic heterocycles. The van der Waals surface area contributed by atoms with Crippen molar-refractivity contribution < 1.29 is 18.9 Å². The second kappa shape index (κ2) is 8.63. The smallest absolute Gasteiger partial charge is 0.433 e. The number of benzene rings is 1. The minimum atomic E-state index is -0.628. The summed E-state index contributed by atoms with van der Waals surface area (Å²) in [4.78, 5) is 21.4. The van der Waals surface area contributed by atoms with E-state index in [0.29, 0.717) is 11.5 Å². The molecule has 1 aromatic carbocycles. The van der Waals surface area contributed by atoms with Crippen LogP contribution in [0.4, 0.5) is 5.88 Å². The van der Waals surface area contributed by atoms with Gasteiger partial charge >= 0.3 is 5.88 Å². The molecule has 0 aliphatic heterocycles. The lowest BCUT2D eigenvalue weighted by Gasteiger charge is -2.04. The van der Waals surface area contributed by atoms with Gasteiger partial charge in [0.2, 0.25) is 0 Å². The SMILES string of the molecule is O=C(COc1cccc(Br)c1)NN=CC=Cc1ccc([N+](=O)[O-])o1. The molecule has 0 spiro atoms. The number of halogens is 1. The van der Waals surface area contributed by atoms with Crippen molar-refractivity contribution in [3.05, 3.63) is 62.8 Å². The molecule has 2 rings (SSSR count). The van der Waals surface area contributed by atoms with Gasteiger partial charge in [0.1, 0.15) is 16.4 Å². The third kappa shape index (κ3) is 5.69. The van der Waals surface area contributed by atoms with Crippen LogP contribution in [0.2, 0.25) is 0 Å². The number of ether oxygens (including phenoxy) is 1. The van der Waals surface area contributed by atoms with Gasteiger partial charge in [-0.1, -0.05) is 22.0 Å². The quantitative estimate of drug-likeness (QED) is 0.441. The summed E-state index contributed by atoms with van der Waals surface area (Å²) in [6, 6.07) is 9.80. The van der Waals surface area contributed by atoms with Crippen LogP contribution in [0.1, 0.15) is 5.76 Å². The fourth-order valence-corrected chi connectivity index (χ4v) is 1.94. The molecule has 2 aromatic rings. The normalized spacial score (nSPS) is 11.0. The molecule has 0 saturated heterocycles. The largest absolute Gasteiger partial charge is 0.484 e. The van der Waals surface area contributed by atoms with Crippen LogP contribution in [0.15, 0.2) is 56.5 Å². The Kier molecular flexibility index (Phi) is 6.26. The first-order valence-corrected chi connectivity index (χ1v) is 7.45. The molecule has 0 saturated carbocycles. The first kappa shape index (κ1) is 17.4. The Bertz CT molecular complexity index is 785. The van der Waals surface area contributed by atoms with Gasteiger partial charge < -0.3 is 9.15 Å². The van der Waals surface area contributed by atoms with Crippen molar-refractivity contribution >= 4 is 40.0 Å². The molecule has 124 valence electrons. The van der Waals surface area contributed by atoms with E-state index in [4.69, 9.17) is 9.15 Å². The average Bonchev–Trinajstić information content (AvgIpc) is 3.02. The fourth-order valence-electron chi connectivity index (χ4n) is 1.56. The Balaban J connectivity index is 1.73. The topological polar surface area (TPSA) is 107 Å². The lowest BCUT2D eigenvalue weighted by Crippen LogP contribution is -2.24. The fraction of sp³-hybridized carbons (Fsp3) is 0.0667. The molecule has 1 amide bonds.